The van der Waals surface area contributed by atoms with Gasteiger partial charge in [0.05, 0.1) is 11.1 Å². The maximum absolute atomic E-state index is 12.8. The number of aromatic nitrogens is 3. The Bertz CT molecular complexity index is 1240. The van der Waals surface area contributed by atoms with Crippen molar-refractivity contribution in [2.45, 2.75) is 30.4 Å². The van der Waals surface area contributed by atoms with Crippen molar-refractivity contribution in [1.82, 2.24) is 15.4 Å². The van der Waals surface area contributed by atoms with Crippen LogP contribution in [0.25, 0.3) is 22.1 Å². The van der Waals surface area contributed by atoms with Crippen LogP contribution in [0.1, 0.15) is 26.7 Å². The molecule has 0 bridgehead atoms. The van der Waals surface area contributed by atoms with E-state index in [0.717, 1.165) is 11.3 Å². The van der Waals surface area contributed by atoms with Gasteiger partial charge in [-0.1, -0.05) is 32.0 Å². The number of anilines is 1. The number of thiophene rings is 1. The van der Waals surface area contributed by atoms with Crippen molar-refractivity contribution in [2.75, 3.05) is 4.72 Å². The molecule has 0 saturated heterocycles. The van der Waals surface area contributed by atoms with Gasteiger partial charge in [-0.2, -0.15) is 0 Å². The summed E-state index contributed by atoms with van der Waals surface area (Å²) in [5.41, 5.74) is 0.750. The SMILES string of the molecule is CC(C)(C)c1nnc(-c2cccc(NS(=O)(=O)c3ccc(-c4ccno4)s3)c2)o1. The molecule has 0 fully saturated rings. The molecule has 8 nitrogen and oxygen atoms in total. The molecule has 0 aliphatic rings. The molecule has 0 aliphatic carbocycles. The van der Waals surface area contributed by atoms with Gasteiger partial charge < -0.3 is 8.94 Å². The minimum absolute atomic E-state index is 0.169. The van der Waals surface area contributed by atoms with Gasteiger partial charge in [0.25, 0.3) is 10.0 Å². The van der Waals surface area contributed by atoms with Crippen molar-refractivity contribution in [3.8, 4) is 22.1 Å². The van der Waals surface area contributed by atoms with E-state index in [9.17, 15) is 8.42 Å². The van der Waals surface area contributed by atoms with Crippen molar-refractivity contribution in [1.29, 1.82) is 0 Å². The third-order valence-corrected chi connectivity index (χ3v) is 6.93. The fourth-order valence-corrected chi connectivity index (χ4v) is 4.82. The van der Waals surface area contributed by atoms with Crippen LogP contribution in [-0.2, 0) is 15.4 Å². The third kappa shape index (κ3) is 4.08. The van der Waals surface area contributed by atoms with E-state index in [1.165, 1.54) is 12.3 Å². The Kier molecular flexibility index (Phi) is 4.75. The second-order valence-corrected chi connectivity index (χ2v) is 10.3. The van der Waals surface area contributed by atoms with E-state index in [0.29, 0.717) is 33.7 Å². The lowest BCUT2D eigenvalue weighted by Gasteiger charge is -2.11. The first-order valence-electron chi connectivity index (χ1n) is 8.70. The summed E-state index contributed by atoms with van der Waals surface area (Å²) < 4.78 is 39.1. The number of sulfonamides is 1. The zero-order chi connectivity index (χ0) is 20.6. The fraction of sp³-hybridized carbons (Fsp3) is 0.211. The van der Waals surface area contributed by atoms with Gasteiger partial charge >= 0.3 is 0 Å². The third-order valence-electron chi connectivity index (χ3n) is 3.96. The molecule has 1 N–H and O–H groups in total. The zero-order valence-electron chi connectivity index (χ0n) is 15.9. The number of rotatable bonds is 5. The minimum atomic E-state index is -3.76. The molecule has 3 aromatic heterocycles. The molecule has 4 rings (SSSR count). The van der Waals surface area contributed by atoms with Crippen LogP contribution in [0, 0.1) is 0 Å². The van der Waals surface area contributed by atoms with E-state index in [2.05, 4.69) is 20.1 Å². The van der Waals surface area contributed by atoms with Gasteiger partial charge in [0, 0.05) is 22.7 Å². The molecule has 4 aromatic rings. The molecule has 0 aliphatic heterocycles. The van der Waals surface area contributed by atoms with Crippen LogP contribution in [0.3, 0.4) is 0 Å². The van der Waals surface area contributed by atoms with Gasteiger partial charge in [-0.15, -0.1) is 21.5 Å². The summed E-state index contributed by atoms with van der Waals surface area (Å²) >= 11 is 1.10. The maximum Gasteiger partial charge on any atom is 0.271 e. The Morgan fingerprint density at radius 1 is 1.07 bits per heavy atom. The number of nitrogens with one attached hydrogen (secondary N) is 1. The van der Waals surface area contributed by atoms with Crippen LogP contribution < -0.4 is 4.72 Å². The Morgan fingerprint density at radius 3 is 2.59 bits per heavy atom. The first-order valence-corrected chi connectivity index (χ1v) is 11.0. The molecule has 1 aromatic carbocycles. The Balaban J connectivity index is 1.58. The fourth-order valence-electron chi connectivity index (χ4n) is 2.50. The summed E-state index contributed by atoms with van der Waals surface area (Å²) in [6, 6.07) is 11.7. The second kappa shape index (κ2) is 7.12. The van der Waals surface area contributed by atoms with E-state index in [1.54, 1.807) is 36.4 Å². The first-order chi connectivity index (χ1) is 13.7. The van der Waals surface area contributed by atoms with Crippen molar-refractivity contribution >= 4 is 27.0 Å². The molecular formula is C19H18N4O4S2. The van der Waals surface area contributed by atoms with Crippen molar-refractivity contribution in [3.63, 3.8) is 0 Å². The van der Waals surface area contributed by atoms with Gasteiger partial charge in [-0.25, -0.2) is 8.42 Å². The van der Waals surface area contributed by atoms with Crippen molar-refractivity contribution < 1.29 is 17.4 Å². The van der Waals surface area contributed by atoms with Gasteiger partial charge in [0.1, 0.15) is 4.21 Å². The highest BCUT2D eigenvalue weighted by Gasteiger charge is 2.23. The number of hydrogen-bond acceptors (Lipinski definition) is 8. The minimum Gasteiger partial charge on any atom is -0.420 e. The first kappa shape index (κ1) is 19.3. The average molecular weight is 431 g/mol. The van der Waals surface area contributed by atoms with Crippen LogP contribution in [0.5, 0.6) is 0 Å². The van der Waals surface area contributed by atoms with E-state index in [1.807, 2.05) is 20.8 Å². The number of nitrogens with zero attached hydrogens (tertiary/aromatic N) is 3. The van der Waals surface area contributed by atoms with Crippen LogP contribution in [0.2, 0.25) is 0 Å². The van der Waals surface area contributed by atoms with Gasteiger partial charge in [0.2, 0.25) is 11.8 Å². The van der Waals surface area contributed by atoms with Crippen LogP contribution in [0.4, 0.5) is 5.69 Å². The van der Waals surface area contributed by atoms with Crippen molar-refractivity contribution in [2.24, 2.45) is 0 Å². The lowest BCUT2D eigenvalue weighted by atomic mass is 9.97. The predicted molar refractivity (Wildman–Crippen MR) is 109 cm³/mol. The van der Waals surface area contributed by atoms with Gasteiger partial charge in [0.15, 0.2) is 5.76 Å². The van der Waals surface area contributed by atoms with Gasteiger partial charge in [-0.3, -0.25) is 4.72 Å². The lowest BCUT2D eigenvalue weighted by molar-refractivity contribution is 0.399. The highest BCUT2D eigenvalue weighted by atomic mass is 32.2. The van der Waals surface area contributed by atoms with Crippen molar-refractivity contribution in [3.05, 3.63) is 54.6 Å². The Morgan fingerprint density at radius 2 is 1.90 bits per heavy atom. The highest BCUT2D eigenvalue weighted by Crippen LogP contribution is 2.32. The number of hydrogen-bond donors (Lipinski definition) is 1. The summed E-state index contributed by atoms with van der Waals surface area (Å²) in [7, 11) is -3.76. The molecule has 0 spiro atoms. The summed E-state index contributed by atoms with van der Waals surface area (Å²) in [5.74, 6) is 1.36. The van der Waals surface area contributed by atoms with Crippen LogP contribution in [0.15, 0.2) is 61.8 Å². The summed E-state index contributed by atoms with van der Waals surface area (Å²) in [4.78, 5) is 0.678. The standard InChI is InChI=1S/C19H18N4O4S2/c1-19(2,3)18-22-21-17(26-18)12-5-4-6-13(11-12)23-29(24,25)16-8-7-15(28-16)14-9-10-20-27-14/h4-11,23H,1-3H3. The molecule has 10 heteroatoms. The molecule has 0 amide bonds. The van der Waals surface area contributed by atoms with Gasteiger partial charge in [-0.05, 0) is 30.3 Å². The average Bonchev–Trinajstić information content (AvgIpc) is 3.41. The maximum atomic E-state index is 12.8. The molecule has 29 heavy (non-hydrogen) atoms. The second-order valence-electron chi connectivity index (χ2n) is 7.34. The Labute approximate surface area is 171 Å². The van der Waals surface area contributed by atoms with E-state index in [-0.39, 0.29) is 9.62 Å². The highest BCUT2D eigenvalue weighted by molar-refractivity contribution is 7.94. The smallest absolute Gasteiger partial charge is 0.271 e. The normalized spacial score (nSPS) is 12.2. The molecule has 3 heterocycles. The largest absolute Gasteiger partial charge is 0.420 e. The van der Waals surface area contributed by atoms with E-state index in [4.69, 9.17) is 8.94 Å². The quantitative estimate of drug-likeness (QED) is 0.494. The number of benzene rings is 1. The topological polar surface area (TPSA) is 111 Å². The molecule has 0 atom stereocenters. The van der Waals surface area contributed by atoms with E-state index < -0.39 is 10.0 Å². The molecule has 0 unspecified atom stereocenters. The Hall–Kier alpha value is -2.98. The molecular weight excluding hydrogens is 412 g/mol. The zero-order valence-corrected chi connectivity index (χ0v) is 17.5. The van der Waals surface area contributed by atoms with E-state index >= 15 is 0 Å². The molecule has 0 radical (unpaired) electrons. The predicted octanol–water partition coefficient (Wildman–Crippen LogP) is 4.55. The van der Waals surface area contributed by atoms with Crippen LogP contribution in [-0.4, -0.2) is 23.8 Å². The summed E-state index contributed by atoms with van der Waals surface area (Å²) in [6.07, 6.45) is 1.51. The molecule has 0 saturated carbocycles. The monoisotopic (exact) mass is 430 g/mol. The molecule has 150 valence electrons. The summed E-state index contributed by atoms with van der Waals surface area (Å²) in [5, 5.41) is 11.8. The lowest BCUT2D eigenvalue weighted by Crippen LogP contribution is -2.11. The summed E-state index contributed by atoms with van der Waals surface area (Å²) in [6.45, 7) is 5.93. The van der Waals surface area contributed by atoms with Crippen LogP contribution >= 0.6 is 11.3 Å².